The average molecular weight is 391 g/mol. The van der Waals surface area contributed by atoms with E-state index >= 15 is 0 Å². The van der Waals surface area contributed by atoms with E-state index in [9.17, 15) is 4.79 Å². The predicted molar refractivity (Wildman–Crippen MR) is 109 cm³/mol. The zero-order chi connectivity index (χ0) is 19.8. The molecule has 2 aliphatic heterocycles. The summed E-state index contributed by atoms with van der Waals surface area (Å²) in [4.78, 5) is 21.9. The Bertz CT molecular complexity index is 1020. The Morgan fingerprint density at radius 2 is 2.10 bits per heavy atom. The van der Waals surface area contributed by atoms with Gasteiger partial charge in [0.25, 0.3) is 0 Å². The summed E-state index contributed by atoms with van der Waals surface area (Å²) in [6, 6.07) is 10.4. The van der Waals surface area contributed by atoms with Gasteiger partial charge in [-0.15, -0.1) is 5.10 Å². The van der Waals surface area contributed by atoms with E-state index in [1.165, 1.54) is 5.56 Å². The molecule has 0 aliphatic carbocycles. The first kappa shape index (κ1) is 18.0. The number of amides is 1. The summed E-state index contributed by atoms with van der Waals surface area (Å²) in [5.41, 5.74) is 3.02. The maximum absolute atomic E-state index is 12.9. The molecule has 3 aromatic rings. The molecule has 0 N–H and O–H groups in total. The summed E-state index contributed by atoms with van der Waals surface area (Å²) in [5, 5.41) is 11.8. The Balaban J connectivity index is 1.19. The number of fused-ring (bicyclic) bond motifs is 2. The third-order valence-electron chi connectivity index (χ3n) is 6.18. The highest BCUT2D eigenvalue weighted by atomic mass is 16.2. The van der Waals surface area contributed by atoms with Crippen molar-refractivity contribution in [2.75, 3.05) is 24.5 Å². The number of tetrazole rings is 1. The third kappa shape index (κ3) is 3.43. The summed E-state index contributed by atoms with van der Waals surface area (Å²) in [6.45, 7) is 4.57. The minimum absolute atomic E-state index is 0.124. The molecule has 8 nitrogen and oxygen atoms in total. The van der Waals surface area contributed by atoms with Crippen LogP contribution in [0.15, 0.2) is 36.5 Å². The lowest BCUT2D eigenvalue weighted by atomic mass is 9.97. The van der Waals surface area contributed by atoms with Crippen molar-refractivity contribution in [2.45, 2.75) is 38.6 Å². The second kappa shape index (κ2) is 7.42. The Hall–Kier alpha value is -3.03. The molecule has 150 valence electrons. The van der Waals surface area contributed by atoms with Crippen LogP contribution in [0.4, 0.5) is 5.82 Å². The van der Waals surface area contributed by atoms with Gasteiger partial charge in [-0.2, -0.15) is 4.52 Å². The van der Waals surface area contributed by atoms with Crippen LogP contribution in [0.25, 0.3) is 5.65 Å². The molecule has 0 aromatic carbocycles. The van der Waals surface area contributed by atoms with E-state index in [0.717, 1.165) is 62.5 Å². The van der Waals surface area contributed by atoms with Crippen LogP contribution in [0, 0.1) is 12.8 Å². The number of carbonyl (C=O) groups is 1. The third-order valence-corrected chi connectivity index (χ3v) is 6.18. The minimum atomic E-state index is 0.124. The second-order valence-electron chi connectivity index (χ2n) is 8.12. The van der Waals surface area contributed by atoms with Crippen molar-refractivity contribution < 1.29 is 4.79 Å². The SMILES string of the molecule is Cc1ccc(N2CCN3C(=O)[C@@H](CCCc4cccc5nnnn45)C[C@H]3C2)nc1. The van der Waals surface area contributed by atoms with Crippen molar-refractivity contribution in [1.82, 2.24) is 29.9 Å². The van der Waals surface area contributed by atoms with Crippen LogP contribution in [0.5, 0.6) is 0 Å². The monoisotopic (exact) mass is 391 g/mol. The molecule has 1 amide bonds. The van der Waals surface area contributed by atoms with Gasteiger partial charge in [-0.3, -0.25) is 4.79 Å². The van der Waals surface area contributed by atoms with Gasteiger partial charge in [0.15, 0.2) is 5.65 Å². The van der Waals surface area contributed by atoms with Crippen molar-refractivity contribution in [3.8, 4) is 0 Å². The van der Waals surface area contributed by atoms with Crippen LogP contribution in [-0.4, -0.2) is 61.5 Å². The molecule has 0 spiro atoms. The quantitative estimate of drug-likeness (QED) is 0.661. The lowest BCUT2D eigenvalue weighted by molar-refractivity contribution is -0.132. The zero-order valence-electron chi connectivity index (χ0n) is 16.6. The van der Waals surface area contributed by atoms with Gasteiger partial charge in [0.05, 0.1) is 6.04 Å². The maximum Gasteiger partial charge on any atom is 0.226 e. The summed E-state index contributed by atoms with van der Waals surface area (Å²) >= 11 is 0. The van der Waals surface area contributed by atoms with Gasteiger partial charge in [-0.1, -0.05) is 12.1 Å². The molecule has 29 heavy (non-hydrogen) atoms. The highest BCUT2D eigenvalue weighted by molar-refractivity contribution is 5.82. The van der Waals surface area contributed by atoms with E-state index in [0.29, 0.717) is 11.9 Å². The lowest BCUT2D eigenvalue weighted by Crippen LogP contribution is -2.51. The fourth-order valence-corrected chi connectivity index (χ4v) is 4.64. The lowest BCUT2D eigenvalue weighted by Gasteiger charge is -2.38. The first-order valence-corrected chi connectivity index (χ1v) is 10.3. The molecule has 3 aromatic heterocycles. The molecule has 8 heteroatoms. The maximum atomic E-state index is 12.9. The number of piperazine rings is 1. The van der Waals surface area contributed by atoms with Crippen molar-refractivity contribution >= 4 is 17.4 Å². The van der Waals surface area contributed by atoms with Crippen LogP contribution < -0.4 is 4.90 Å². The molecular formula is C21H25N7O. The Morgan fingerprint density at radius 3 is 2.97 bits per heavy atom. The molecule has 0 radical (unpaired) electrons. The number of anilines is 1. The molecule has 2 fully saturated rings. The normalized spacial score (nSPS) is 21.8. The predicted octanol–water partition coefficient (Wildman–Crippen LogP) is 1.89. The van der Waals surface area contributed by atoms with Gasteiger partial charge in [-0.05, 0) is 66.8 Å². The van der Waals surface area contributed by atoms with Crippen molar-refractivity contribution in [3.63, 3.8) is 0 Å². The number of hydrogen-bond acceptors (Lipinski definition) is 6. The fourth-order valence-electron chi connectivity index (χ4n) is 4.64. The summed E-state index contributed by atoms with van der Waals surface area (Å²) in [7, 11) is 0. The molecular weight excluding hydrogens is 366 g/mol. The second-order valence-corrected chi connectivity index (χ2v) is 8.12. The van der Waals surface area contributed by atoms with Gasteiger partial charge >= 0.3 is 0 Å². The zero-order valence-corrected chi connectivity index (χ0v) is 16.6. The fraction of sp³-hybridized carbons (Fsp3) is 0.476. The molecule has 0 bridgehead atoms. The first-order chi connectivity index (χ1) is 14.2. The van der Waals surface area contributed by atoms with E-state index in [-0.39, 0.29) is 5.92 Å². The van der Waals surface area contributed by atoms with Crippen LogP contribution in [-0.2, 0) is 11.2 Å². The average Bonchev–Trinajstić information content (AvgIpc) is 3.34. The van der Waals surface area contributed by atoms with Gasteiger partial charge in [0.2, 0.25) is 5.91 Å². The van der Waals surface area contributed by atoms with Crippen LogP contribution in [0.3, 0.4) is 0 Å². The minimum Gasteiger partial charge on any atom is -0.353 e. The Morgan fingerprint density at radius 1 is 1.17 bits per heavy atom. The van der Waals surface area contributed by atoms with Gasteiger partial charge in [0, 0.05) is 37.4 Å². The Kier molecular flexibility index (Phi) is 4.61. The Labute approximate surface area is 169 Å². The van der Waals surface area contributed by atoms with Gasteiger partial charge < -0.3 is 9.80 Å². The smallest absolute Gasteiger partial charge is 0.226 e. The number of hydrogen-bond donors (Lipinski definition) is 0. The van der Waals surface area contributed by atoms with Gasteiger partial charge in [0.1, 0.15) is 5.82 Å². The molecule has 2 saturated heterocycles. The number of pyridine rings is 2. The van der Waals surface area contributed by atoms with Gasteiger partial charge in [-0.25, -0.2) is 4.98 Å². The van der Waals surface area contributed by atoms with E-state index in [4.69, 9.17) is 0 Å². The molecule has 5 rings (SSSR count). The van der Waals surface area contributed by atoms with Crippen LogP contribution in [0.2, 0.25) is 0 Å². The molecule has 0 unspecified atom stereocenters. The number of aryl methyl sites for hydroxylation is 2. The largest absolute Gasteiger partial charge is 0.353 e. The summed E-state index contributed by atoms with van der Waals surface area (Å²) in [5.74, 6) is 1.46. The number of aromatic nitrogens is 5. The summed E-state index contributed by atoms with van der Waals surface area (Å²) < 4.78 is 1.78. The number of nitrogens with zero attached hydrogens (tertiary/aromatic N) is 7. The van der Waals surface area contributed by atoms with E-state index in [1.807, 2.05) is 18.3 Å². The van der Waals surface area contributed by atoms with Crippen molar-refractivity contribution in [1.29, 1.82) is 0 Å². The standard InChI is InChI=1S/C21H25N7O/c1-15-8-9-19(22-13-15)26-10-11-27-18(14-26)12-16(21(27)29)4-2-5-17-6-3-7-20-23-24-25-28(17)20/h3,6-9,13,16,18H,2,4-5,10-12,14H2,1H3/t16-,18-/m0/s1. The summed E-state index contributed by atoms with van der Waals surface area (Å²) in [6.07, 6.45) is 5.59. The van der Waals surface area contributed by atoms with Crippen molar-refractivity contribution in [3.05, 3.63) is 47.8 Å². The van der Waals surface area contributed by atoms with Crippen molar-refractivity contribution in [2.24, 2.45) is 5.92 Å². The van der Waals surface area contributed by atoms with Crippen LogP contribution in [0.1, 0.15) is 30.5 Å². The number of rotatable bonds is 5. The highest BCUT2D eigenvalue weighted by Gasteiger charge is 2.42. The molecule has 2 aliphatic rings. The first-order valence-electron chi connectivity index (χ1n) is 10.3. The molecule has 2 atom stereocenters. The topological polar surface area (TPSA) is 79.5 Å². The van der Waals surface area contributed by atoms with E-state index < -0.39 is 0 Å². The van der Waals surface area contributed by atoms with E-state index in [2.05, 4.69) is 55.4 Å². The molecule has 5 heterocycles. The number of carbonyl (C=O) groups excluding carboxylic acids is 1. The van der Waals surface area contributed by atoms with Crippen LogP contribution >= 0.6 is 0 Å². The highest BCUT2D eigenvalue weighted by Crippen LogP contribution is 2.32. The molecule has 0 saturated carbocycles. The van der Waals surface area contributed by atoms with E-state index in [1.54, 1.807) is 4.52 Å².